The molecule has 0 radical (unpaired) electrons. The molecule has 0 rings (SSSR count). The summed E-state index contributed by atoms with van der Waals surface area (Å²) in [6.45, 7) is 1.17. The quantitative estimate of drug-likeness (QED) is 0.311. The molecular formula is C6H15N3OS. The molecule has 0 aromatic heterocycles. The van der Waals surface area contributed by atoms with E-state index in [1.807, 2.05) is 0 Å². The first kappa shape index (κ1) is 10.7. The fourth-order valence-corrected chi connectivity index (χ4v) is 0.693. The summed E-state index contributed by atoms with van der Waals surface area (Å²) in [5.41, 5.74) is 10.6. The topological polar surface area (TPSA) is 81.1 Å². The minimum atomic E-state index is -0.504. The molecule has 4 nitrogen and oxygen atoms in total. The maximum Gasteiger partial charge on any atom is 0.237 e. The predicted molar refractivity (Wildman–Crippen MR) is 48.5 cm³/mol. The highest BCUT2D eigenvalue weighted by atomic mass is 32.1. The average Bonchev–Trinajstić information content (AvgIpc) is 2.03. The van der Waals surface area contributed by atoms with E-state index in [1.165, 1.54) is 0 Å². The SMILES string of the molecule is NCCCNC(=O)C(N)CS. The fraction of sp³-hybridized carbons (Fsp3) is 0.833. The average molecular weight is 177 g/mol. The van der Waals surface area contributed by atoms with Crippen molar-refractivity contribution in [3.05, 3.63) is 0 Å². The first-order valence-electron chi connectivity index (χ1n) is 3.56. The van der Waals surface area contributed by atoms with Gasteiger partial charge in [-0.25, -0.2) is 0 Å². The van der Waals surface area contributed by atoms with Crippen LogP contribution >= 0.6 is 12.6 Å². The van der Waals surface area contributed by atoms with Crippen LogP contribution in [0.5, 0.6) is 0 Å². The van der Waals surface area contributed by atoms with Crippen LogP contribution in [0.1, 0.15) is 6.42 Å². The summed E-state index contributed by atoms with van der Waals surface area (Å²) >= 11 is 3.89. The molecule has 11 heavy (non-hydrogen) atoms. The molecule has 5 heteroatoms. The maximum absolute atomic E-state index is 10.9. The van der Waals surface area contributed by atoms with Gasteiger partial charge in [0.1, 0.15) is 0 Å². The number of rotatable bonds is 5. The molecule has 0 aromatic rings. The van der Waals surface area contributed by atoms with Gasteiger partial charge in [0, 0.05) is 12.3 Å². The van der Waals surface area contributed by atoms with E-state index >= 15 is 0 Å². The van der Waals surface area contributed by atoms with Crippen LogP contribution in [0.2, 0.25) is 0 Å². The van der Waals surface area contributed by atoms with Gasteiger partial charge in [-0.05, 0) is 13.0 Å². The molecule has 0 aliphatic carbocycles. The van der Waals surface area contributed by atoms with E-state index in [0.717, 1.165) is 6.42 Å². The Labute approximate surface area is 72.1 Å². The fourth-order valence-electron chi connectivity index (χ4n) is 0.528. The van der Waals surface area contributed by atoms with Crippen LogP contribution in [0.4, 0.5) is 0 Å². The van der Waals surface area contributed by atoms with Gasteiger partial charge in [0.2, 0.25) is 5.91 Å². The van der Waals surface area contributed by atoms with Gasteiger partial charge in [-0.1, -0.05) is 0 Å². The molecule has 0 fully saturated rings. The molecule has 0 bridgehead atoms. The van der Waals surface area contributed by atoms with Crippen molar-refractivity contribution < 1.29 is 4.79 Å². The van der Waals surface area contributed by atoms with E-state index in [0.29, 0.717) is 18.8 Å². The summed E-state index contributed by atoms with van der Waals surface area (Å²) < 4.78 is 0. The normalized spacial score (nSPS) is 12.6. The molecule has 0 aliphatic rings. The molecule has 0 aliphatic heterocycles. The summed E-state index contributed by atoms with van der Waals surface area (Å²) in [6.07, 6.45) is 0.783. The predicted octanol–water partition coefficient (Wildman–Crippen LogP) is -1.29. The van der Waals surface area contributed by atoms with Crippen molar-refractivity contribution in [1.29, 1.82) is 0 Å². The zero-order chi connectivity index (χ0) is 8.69. The molecular weight excluding hydrogens is 162 g/mol. The third-order valence-corrected chi connectivity index (χ3v) is 1.61. The smallest absolute Gasteiger partial charge is 0.237 e. The third-order valence-electron chi connectivity index (χ3n) is 1.21. The number of hydrogen-bond donors (Lipinski definition) is 4. The molecule has 5 N–H and O–H groups in total. The molecule has 0 saturated carbocycles. The summed E-state index contributed by atoms with van der Waals surface area (Å²) in [5.74, 6) is 0.211. The Hall–Kier alpha value is -0.260. The van der Waals surface area contributed by atoms with Gasteiger partial charge in [0.05, 0.1) is 6.04 Å². The van der Waals surface area contributed by atoms with Gasteiger partial charge in [-0.15, -0.1) is 0 Å². The lowest BCUT2D eigenvalue weighted by atomic mass is 10.3. The highest BCUT2D eigenvalue weighted by Gasteiger charge is 2.08. The van der Waals surface area contributed by atoms with E-state index < -0.39 is 6.04 Å². The second-order valence-corrected chi connectivity index (χ2v) is 2.59. The first-order chi connectivity index (χ1) is 5.22. The summed E-state index contributed by atoms with van der Waals surface area (Å²) in [5, 5.41) is 2.64. The molecule has 0 heterocycles. The zero-order valence-corrected chi connectivity index (χ0v) is 7.31. The second kappa shape index (κ2) is 6.45. The van der Waals surface area contributed by atoms with Crippen LogP contribution in [0.3, 0.4) is 0 Å². The number of carbonyl (C=O) groups excluding carboxylic acids is 1. The molecule has 1 amide bonds. The lowest BCUT2D eigenvalue weighted by Gasteiger charge is -2.08. The number of hydrogen-bond acceptors (Lipinski definition) is 4. The highest BCUT2D eigenvalue weighted by Crippen LogP contribution is 1.82. The minimum absolute atomic E-state index is 0.159. The van der Waals surface area contributed by atoms with Gasteiger partial charge in [0.25, 0.3) is 0 Å². The van der Waals surface area contributed by atoms with E-state index in [1.54, 1.807) is 0 Å². The number of nitrogens with two attached hydrogens (primary N) is 2. The standard InChI is InChI=1S/C6H15N3OS/c7-2-1-3-9-6(10)5(8)4-11/h5,11H,1-4,7-8H2,(H,9,10). The summed E-state index contributed by atoms with van der Waals surface area (Å²) in [4.78, 5) is 10.9. The van der Waals surface area contributed by atoms with Crippen LogP contribution in [-0.4, -0.2) is 30.8 Å². The van der Waals surface area contributed by atoms with Gasteiger partial charge < -0.3 is 16.8 Å². The summed E-state index contributed by atoms with van der Waals surface area (Å²) in [7, 11) is 0. The van der Waals surface area contributed by atoms with E-state index in [2.05, 4.69) is 17.9 Å². The van der Waals surface area contributed by atoms with Crippen molar-refractivity contribution in [3.8, 4) is 0 Å². The van der Waals surface area contributed by atoms with E-state index in [-0.39, 0.29) is 5.91 Å². The molecule has 0 saturated heterocycles. The number of nitrogens with one attached hydrogen (secondary N) is 1. The Morgan fingerprint density at radius 3 is 2.73 bits per heavy atom. The Kier molecular flexibility index (Phi) is 6.30. The van der Waals surface area contributed by atoms with E-state index in [9.17, 15) is 4.79 Å². The minimum Gasteiger partial charge on any atom is -0.355 e. The monoisotopic (exact) mass is 177 g/mol. The molecule has 1 unspecified atom stereocenters. The van der Waals surface area contributed by atoms with Crippen molar-refractivity contribution in [2.45, 2.75) is 12.5 Å². The van der Waals surface area contributed by atoms with Gasteiger partial charge in [-0.2, -0.15) is 12.6 Å². The van der Waals surface area contributed by atoms with Crippen molar-refractivity contribution in [1.82, 2.24) is 5.32 Å². The number of amides is 1. The molecule has 66 valence electrons. The van der Waals surface area contributed by atoms with Crippen LogP contribution in [0.25, 0.3) is 0 Å². The maximum atomic E-state index is 10.9. The zero-order valence-electron chi connectivity index (χ0n) is 6.42. The van der Waals surface area contributed by atoms with Gasteiger partial charge in [0.15, 0.2) is 0 Å². The van der Waals surface area contributed by atoms with Crippen LogP contribution in [0, 0.1) is 0 Å². The lowest BCUT2D eigenvalue weighted by molar-refractivity contribution is -0.121. The Balaban J connectivity index is 3.36. The van der Waals surface area contributed by atoms with Gasteiger partial charge >= 0.3 is 0 Å². The van der Waals surface area contributed by atoms with Crippen molar-refractivity contribution in [2.24, 2.45) is 11.5 Å². The Morgan fingerprint density at radius 1 is 1.64 bits per heavy atom. The van der Waals surface area contributed by atoms with Crippen molar-refractivity contribution in [3.63, 3.8) is 0 Å². The van der Waals surface area contributed by atoms with Crippen molar-refractivity contribution in [2.75, 3.05) is 18.8 Å². The van der Waals surface area contributed by atoms with Crippen LogP contribution < -0.4 is 16.8 Å². The molecule has 0 aromatic carbocycles. The van der Waals surface area contributed by atoms with E-state index in [4.69, 9.17) is 11.5 Å². The van der Waals surface area contributed by atoms with Gasteiger partial charge in [-0.3, -0.25) is 4.79 Å². The second-order valence-electron chi connectivity index (χ2n) is 2.22. The number of carbonyl (C=O) groups is 1. The Morgan fingerprint density at radius 2 is 2.27 bits per heavy atom. The third kappa shape index (κ3) is 5.06. The highest BCUT2D eigenvalue weighted by molar-refractivity contribution is 7.80. The van der Waals surface area contributed by atoms with Crippen LogP contribution in [0.15, 0.2) is 0 Å². The lowest BCUT2D eigenvalue weighted by Crippen LogP contribution is -2.42. The van der Waals surface area contributed by atoms with Crippen molar-refractivity contribution >= 4 is 18.5 Å². The Bertz CT molecular complexity index is 120. The first-order valence-corrected chi connectivity index (χ1v) is 4.19. The van der Waals surface area contributed by atoms with Crippen LogP contribution in [-0.2, 0) is 4.79 Å². The molecule has 0 spiro atoms. The largest absolute Gasteiger partial charge is 0.355 e. The molecule has 1 atom stereocenters. The summed E-state index contributed by atoms with van der Waals surface area (Å²) in [6, 6.07) is -0.504. The number of thiol groups is 1.